The molecule has 0 aromatic carbocycles. The summed E-state index contributed by atoms with van der Waals surface area (Å²) in [6, 6.07) is 1.97. The zero-order valence-electron chi connectivity index (χ0n) is 14.6. The standard InChI is InChI=1S/C18H32N2O/c1-13(2)7-9-20(10-8-14(3)4)12-18(21)17-11-15(5)19-16(17)6/h11,13-14,19H,7-10,12H2,1-6H3. The van der Waals surface area contributed by atoms with E-state index in [0.29, 0.717) is 18.4 Å². The summed E-state index contributed by atoms with van der Waals surface area (Å²) in [6.07, 6.45) is 2.30. The summed E-state index contributed by atoms with van der Waals surface area (Å²) in [4.78, 5) is 18.1. The highest BCUT2D eigenvalue weighted by Crippen LogP contribution is 2.13. The Hall–Kier alpha value is -1.09. The first-order valence-corrected chi connectivity index (χ1v) is 8.21. The first-order valence-electron chi connectivity index (χ1n) is 8.21. The quantitative estimate of drug-likeness (QED) is 0.692. The molecular weight excluding hydrogens is 260 g/mol. The highest BCUT2D eigenvalue weighted by molar-refractivity contribution is 5.98. The van der Waals surface area contributed by atoms with Crippen LogP contribution in [0.25, 0.3) is 0 Å². The largest absolute Gasteiger partial charge is 0.362 e. The Kier molecular flexibility index (Phi) is 7.16. The molecule has 0 atom stereocenters. The fourth-order valence-electron chi connectivity index (χ4n) is 2.45. The molecule has 1 rings (SSSR count). The molecule has 1 heterocycles. The third-order valence-corrected chi connectivity index (χ3v) is 3.86. The molecule has 1 N–H and O–H groups in total. The van der Waals surface area contributed by atoms with Crippen LogP contribution in [0.15, 0.2) is 6.07 Å². The zero-order chi connectivity index (χ0) is 16.0. The van der Waals surface area contributed by atoms with Crippen molar-refractivity contribution in [3.05, 3.63) is 23.0 Å². The Morgan fingerprint density at radius 1 is 1.10 bits per heavy atom. The molecule has 0 amide bonds. The van der Waals surface area contributed by atoms with Crippen molar-refractivity contribution >= 4 is 5.78 Å². The molecule has 3 heteroatoms. The number of H-pyrrole nitrogens is 1. The van der Waals surface area contributed by atoms with Crippen LogP contribution in [0.1, 0.15) is 62.3 Å². The van der Waals surface area contributed by atoms with Crippen molar-refractivity contribution in [2.45, 2.75) is 54.4 Å². The van der Waals surface area contributed by atoms with Crippen LogP contribution in [-0.2, 0) is 0 Å². The molecule has 21 heavy (non-hydrogen) atoms. The average Bonchev–Trinajstić information content (AvgIpc) is 2.71. The van der Waals surface area contributed by atoms with Gasteiger partial charge in [-0.15, -0.1) is 0 Å². The maximum atomic E-state index is 12.5. The van der Waals surface area contributed by atoms with Gasteiger partial charge in [0.1, 0.15) is 0 Å². The Morgan fingerprint density at radius 2 is 1.62 bits per heavy atom. The Labute approximate surface area is 130 Å². The van der Waals surface area contributed by atoms with Crippen LogP contribution in [0.2, 0.25) is 0 Å². The highest BCUT2D eigenvalue weighted by atomic mass is 16.1. The lowest BCUT2D eigenvalue weighted by Crippen LogP contribution is -2.33. The van der Waals surface area contributed by atoms with Crippen LogP contribution in [0.5, 0.6) is 0 Å². The molecule has 0 saturated heterocycles. The van der Waals surface area contributed by atoms with Crippen LogP contribution < -0.4 is 0 Å². The van der Waals surface area contributed by atoms with Gasteiger partial charge < -0.3 is 4.98 Å². The molecule has 3 nitrogen and oxygen atoms in total. The number of Topliss-reactive ketones (excluding diaryl/α,β-unsaturated/α-hetero) is 1. The molecule has 0 aliphatic heterocycles. The van der Waals surface area contributed by atoms with Crippen LogP contribution >= 0.6 is 0 Å². The molecule has 0 saturated carbocycles. The summed E-state index contributed by atoms with van der Waals surface area (Å²) in [7, 11) is 0. The number of rotatable bonds is 9. The first-order chi connectivity index (χ1) is 9.79. The minimum atomic E-state index is 0.240. The van der Waals surface area contributed by atoms with Crippen LogP contribution in [0.4, 0.5) is 0 Å². The number of carbonyl (C=O) groups is 1. The second-order valence-electron chi connectivity index (χ2n) is 7.06. The van der Waals surface area contributed by atoms with Gasteiger partial charge in [-0.25, -0.2) is 0 Å². The van der Waals surface area contributed by atoms with Gasteiger partial charge in [0.25, 0.3) is 0 Å². The third kappa shape index (κ3) is 6.47. The summed E-state index contributed by atoms with van der Waals surface area (Å²) >= 11 is 0. The molecule has 0 aliphatic rings. The molecule has 0 spiro atoms. The van der Waals surface area contributed by atoms with Gasteiger partial charge in [-0.05, 0) is 57.7 Å². The van der Waals surface area contributed by atoms with Gasteiger partial charge in [-0.1, -0.05) is 27.7 Å². The molecule has 0 aliphatic carbocycles. The number of carbonyl (C=O) groups excluding carboxylic acids is 1. The number of hydrogen-bond acceptors (Lipinski definition) is 2. The van der Waals surface area contributed by atoms with Crippen molar-refractivity contribution in [2.24, 2.45) is 11.8 Å². The van der Waals surface area contributed by atoms with Crippen molar-refractivity contribution < 1.29 is 4.79 Å². The van der Waals surface area contributed by atoms with Gasteiger partial charge in [-0.3, -0.25) is 9.69 Å². The Morgan fingerprint density at radius 3 is 2.00 bits per heavy atom. The number of nitrogens with one attached hydrogen (secondary N) is 1. The Bertz CT molecular complexity index is 434. The minimum absolute atomic E-state index is 0.240. The summed E-state index contributed by atoms with van der Waals surface area (Å²) in [5.74, 6) is 1.60. The predicted octanol–water partition coefficient (Wildman–Crippen LogP) is 4.21. The second-order valence-corrected chi connectivity index (χ2v) is 7.06. The van der Waals surface area contributed by atoms with E-state index in [1.807, 2.05) is 19.9 Å². The summed E-state index contributed by atoms with van der Waals surface area (Å²) < 4.78 is 0. The molecule has 120 valence electrons. The monoisotopic (exact) mass is 292 g/mol. The smallest absolute Gasteiger partial charge is 0.178 e. The topological polar surface area (TPSA) is 36.1 Å². The van der Waals surface area contributed by atoms with E-state index in [-0.39, 0.29) is 5.78 Å². The van der Waals surface area contributed by atoms with Crippen LogP contribution in [0, 0.1) is 25.7 Å². The fourth-order valence-corrected chi connectivity index (χ4v) is 2.45. The number of hydrogen-bond donors (Lipinski definition) is 1. The second kappa shape index (κ2) is 8.38. The van der Waals surface area contributed by atoms with E-state index < -0.39 is 0 Å². The van der Waals surface area contributed by atoms with Crippen LogP contribution in [-0.4, -0.2) is 35.3 Å². The maximum Gasteiger partial charge on any atom is 0.178 e. The van der Waals surface area contributed by atoms with Gasteiger partial charge in [-0.2, -0.15) is 0 Å². The normalized spacial score (nSPS) is 11.9. The molecule has 1 aromatic heterocycles. The number of aromatic nitrogens is 1. The zero-order valence-corrected chi connectivity index (χ0v) is 14.6. The molecule has 0 fully saturated rings. The number of aryl methyl sites for hydroxylation is 2. The van der Waals surface area contributed by atoms with Crippen molar-refractivity contribution in [1.82, 2.24) is 9.88 Å². The fraction of sp³-hybridized carbons (Fsp3) is 0.722. The Balaban J connectivity index is 2.65. The summed E-state index contributed by atoms with van der Waals surface area (Å²) in [5, 5.41) is 0. The van der Waals surface area contributed by atoms with Gasteiger partial charge in [0.2, 0.25) is 0 Å². The lowest BCUT2D eigenvalue weighted by molar-refractivity contribution is 0.0922. The molecular formula is C18H32N2O. The van der Waals surface area contributed by atoms with E-state index in [9.17, 15) is 4.79 Å². The van der Waals surface area contributed by atoms with Gasteiger partial charge >= 0.3 is 0 Å². The van der Waals surface area contributed by atoms with Crippen molar-refractivity contribution in [1.29, 1.82) is 0 Å². The molecule has 0 radical (unpaired) electrons. The highest BCUT2D eigenvalue weighted by Gasteiger charge is 2.16. The molecule has 1 aromatic rings. The third-order valence-electron chi connectivity index (χ3n) is 3.86. The van der Waals surface area contributed by atoms with E-state index in [1.54, 1.807) is 0 Å². The first kappa shape index (κ1) is 18.0. The van der Waals surface area contributed by atoms with Gasteiger partial charge in [0.15, 0.2) is 5.78 Å². The SMILES string of the molecule is Cc1cc(C(=O)CN(CCC(C)C)CCC(C)C)c(C)[nH]1. The molecule has 0 bridgehead atoms. The van der Waals surface area contributed by atoms with E-state index >= 15 is 0 Å². The van der Waals surface area contributed by atoms with Crippen molar-refractivity contribution in [3.63, 3.8) is 0 Å². The van der Waals surface area contributed by atoms with E-state index in [4.69, 9.17) is 0 Å². The predicted molar refractivity (Wildman–Crippen MR) is 89.9 cm³/mol. The van der Waals surface area contributed by atoms with E-state index in [2.05, 4.69) is 37.6 Å². The number of ketones is 1. The van der Waals surface area contributed by atoms with Gasteiger partial charge in [0.05, 0.1) is 6.54 Å². The minimum Gasteiger partial charge on any atom is -0.362 e. The van der Waals surface area contributed by atoms with E-state index in [0.717, 1.165) is 42.9 Å². The number of aromatic amines is 1. The lowest BCUT2D eigenvalue weighted by atomic mass is 10.1. The van der Waals surface area contributed by atoms with Crippen LogP contribution in [0.3, 0.4) is 0 Å². The molecule has 0 unspecified atom stereocenters. The van der Waals surface area contributed by atoms with Crippen molar-refractivity contribution in [2.75, 3.05) is 19.6 Å². The lowest BCUT2D eigenvalue weighted by Gasteiger charge is -2.23. The van der Waals surface area contributed by atoms with Crippen molar-refractivity contribution in [3.8, 4) is 0 Å². The number of nitrogens with zero attached hydrogens (tertiary/aromatic N) is 1. The summed E-state index contributed by atoms with van der Waals surface area (Å²) in [5.41, 5.74) is 2.91. The average molecular weight is 292 g/mol. The van der Waals surface area contributed by atoms with Gasteiger partial charge in [0, 0.05) is 17.0 Å². The van der Waals surface area contributed by atoms with E-state index in [1.165, 1.54) is 0 Å². The summed E-state index contributed by atoms with van der Waals surface area (Å²) in [6.45, 7) is 15.5. The maximum absolute atomic E-state index is 12.5.